The molecule has 1 aromatic rings. The van der Waals surface area contributed by atoms with E-state index in [1.54, 1.807) is 6.20 Å². The van der Waals surface area contributed by atoms with Crippen molar-refractivity contribution in [1.29, 1.82) is 0 Å². The van der Waals surface area contributed by atoms with Gasteiger partial charge in [-0.2, -0.15) is 0 Å². The molecule has 0 bridgehead atoms. The van der Waals surface area contributed by atoms with E-state index in [-0.39, 0.29) is 11.1 Å². The molecule has 4 heteroatoms. The highest BCUT2D eigenvalue weighted by atomic mass is 32.1. The minimum Gasteiger partial charge on any atom is -0.319 e. The Kier molecular flexibility index (Phi) is 3.85. The Labute approximate surface area is 95.2 Å². The van der Waals surface area contributed by atoms with Crippen molar-refractivity contribution in [3.8, 4) is 0 Å². The van der Waals surface area contributed by atoms with Crippen LogP contribution in [0.4, 0.5) is 0 Å². The van der Waals surface area contributed by atoms with Crippen LogP contribution in [0.15, 0.2) is 17.1 Å². The smallest absolute Gasteiger partial charge is 0.251 e. The van der Waals surface area contributed by atoms with Gasteiger partial charge in [0.15, 0.2) is 4.77 Å². The average molecular weight is 226 g/mol. The van der Waals surface area contributed by atoms with Crippen molar-refractivity contribution in [2.45, 2.75) is 45.6 Å². The van der Waals surface area contributed by atoms with Gasteiger partial charge in [-0.3, -0.25) is 9.78 Å². The molecule has 1 N–H and O–H groups in total. The lowest BCUT2D eigenvalue weighted by Gasteiger charge is -2.33. The molecule has 1 aromatic heterocycles. The zero-order valence-electron chi connectivity index (χ0n) is 9.54. The number of nitrogens with one attached hydrogen (secondary N) is 1. The minimum atomic E-state index is -0.131. The van der Waals surface area contributed by atoms with E-state index in [9.17, 15) is 4.79 Å². The van der Waals surface area contributed by atoms with Crippen LogP contribution in [0.3, 0.4) is 0 Å². The topological polar surface area (TPSA) is 37.8 Å². The first-order chi connectivity index (χ1) is 7.09. The lowest BCUT2D eigenvalue weighted by molar-refractivity contribution is 0.243. The second kappa shape index (κ2) is 4.75. The molecule has 0 unspecified atom stereocenters. The summed E-state index contributed by atoms with van der Waals surface area (Å²) in [5.41, 5.74) is -0.0881. The van der Waals surface area contributed by atoms with Gasteiger partial charge in [-0.1, -0.05) is 20.8 Å². The number of hydrogen-bond acceptors (Lipinski definition) is 2. The maximum atomic E-state index is 11.1. The summed E-state index contributed by atoms with van der Waals surface area (Å²) < 4.78 is 2.54. The first-order valence-electron chi connectivity index (χ1n) is 5.42. The van der Waals surface area contributed by atoms with Crippen LogP contribution in [0.5, 0.6) is 0 Å². The van der Waals surface area contributed by atoms with Crippen molar-refractivity contribution in [2.75, 3.05) is 0 Å². The van der Waals surface area contributed by atoms with Crippen LogP contribution in [0.2, 0.25) is 0 Å². The highest BCUT2D eigenvalue weighted by Crippen LogP contribution is 2.28. The number of nitrogens with zero attached hydrogens (tertiary/aromatic N) is 1. The molecule has 0 saturated carbocycles. The third-order valence-corrected chi connectivity index (χ3v) is 3.61. The molecule has 84 valence electrons. The monoisotopic (exact) mass is 226 g/mol. The third kappa shape index (κ3) is 2.20. The molecule has 3 nitrogen and oxygen atoms in total. The molecular weight excluding hydrogens is 208 g/mol. The van der Waals surface area contributed by atoms with Crippen LogP contribution in [0.1, 0.15) is 40.0 Å². The van der Waals surface area contributed by atoms with Crippen LogP contribution in [-0.4, -0.2) is 9.55 Å². The Morgan fingerprint density at radius 1 is 1.33 bits per heavy atom. The summed E-state index contributed by atoms with van der Waals surface area (Å²) in [6, 6.07) is 1.53. The van der Waals surface area contributed by atoms with Gasteiger partial charge in [-0.15, -0.1) is 0 Å². The summed E-state index contributed by atoms with van der Waals surface area (Å²) in [4.78, 5) is 13.8. The summed E-state index contributed by atoms with van der Waals surface area (Å²) in [5, 5.41) is 0. The Bertz CT molecular complexity index is 420. The standard InChI is InChI=1S/C11H18N2OS/c1-4-11(5-2,6-3)13-8-7-9(14)12-10(13)15/h7-8H,4-6H2,1-3H3,(H,12,14,15). The largest absolute Gasteiger partial charge is 0.319 e. The zero-order chi connectivity index (χ0) is 11.5. The molecule has 1 heterocycles. The van der Waals surface area contributed by atoms with Crippen molar-refractivity contribution in [2.24, 2.45) is 0 Å². The average Bonchev–Trinajstić information content (AvgIpc) is 2.23. The zero-order valence-corrected chi connectivity index (χ0v) is 10.4. The van der Waals surface area contributed by atoms with E-state index in [0.29, 0.717) is 4.77 Å². The third-order valence-electron chi connectivity index (χ3n) is 3.31. The molecule has 0 aliphatic carbocycles. The lowest BCUT2D eigenvalue weighted by atomic mass is 9.89. The molecule has 0 radical (unpaired) electrons. The summed E-state index contributed by atoms with van der Waals surface area (Å²) in [5.74, 6) is 0. The molecule has 0 aliphatic heterocycles. The van der Waals surface area contributed by atoms with E-state index in [2.05, 4.69) is 25.8 Å². The van der Waals surface area contributed by atoms with Crippen LogP contribution in [0.25, 0.3) is 0 Å². The van der Waals surface area contributed by atoms with Gasteiger partial charge < -0.3 is 4.57 Å². The summed E-state index contributed by atoms with van der Waals surface area (Å²) in [6.07, 6.45) is 4.85. The summed E-state index contributed by atoms with van der Waals surface area (Å²) >= 11 is 5.19. The molecule has 15 heavy (non-hydrogen) atoms. The predicted octanol–water partition coefficient (Wildman–Crippen LogP) is 2.83. The molecule has 0 aromatic carbocycles. The molecule has 0 spiro atoms. The van der Waals surface area contributed by atoms with Gasteiger partial charge in [0, 0.05) is 17.8 Å². The molecule has 0 amide bonds. The van der Waals surface area contributed by atoms with Gasteiger partial charge in [-0.05, 0) is 31.5 Å². The molecule has 1 rings (SSSR count). The quantitative estimate of drug-likeness (QED) is 0.802. The fourth-order valence-electron chi connectivity index (χ4n) is 2.05. The van der Waals surface area contributed by atoms with Crippen molar-refractivity contribution in [3.05, 3.63) is 27.4 Å². The van der Waals surface area contributed by atoms with Crippen LogP contribution in [-0.2, 0) is 5.54 Å². The van der Waals surface area contributed by atoms with Gasteiger partial charge in [-0.25, -0.2) is 0 Å². The van der Waals surface area contributed by atoms with E-state index in [1.807, 2.05) is 4.57 Å². The molecule has 0 aliphatic rings. The second-order valence-electron chi connectivity index (χ2n) is 3.77. The highest BCUT2D eigenvalue weighted by Gasteiger charge is 2.25. The predicted molar refractivity (Wildman–Crippen MR) is 64.7 cm³/mol. The Balaban J connectivity index is 3.35. The van der Waals surface area contributed by atoms with Crippen molar-refractivity contribution >= 4 is 12.2 Å². The first-order valence-corrected chi connectivity index (χ1v) is 5.83. The number of rotatable bonds is 4. The fourth-order valence-corrected chi connectivity index (χ4v) is 2.41. The van der Waals surface area contributed by atoms with Crippen LogP contribution in [0, 0.1) is 4.77 Å². The first kappa shape index (κ1) is 12.2. The Hall–Kier alpha value is -0.900. The SMILES string of the molecule is CCC(CC)(CC)n1ccc(=O)[nH]c1=S. The molecular formula is C11H18N2OS. The minimum absolute atomic E-state index is 0.0429. The van der Waals surface area contributed by atoms with E-state index >= 15 is 0 Å². The van der Waals surface area contributed by atoms with E-state index in [1.165, 1.54) is 6.07 Å². The normalized spacial score (nSPS) is 11.7. The van der Waals surface area contributed by atoms with Crippen molar-refractivity contribution in [1.82, 2.24) is 9.55 Å². The number of aromatic amines is 1. The Morgan fingerprint density at radius 2 is 1.87 bits per heavy atom. The number of hydrogen-bond donors (Lipinski definition) is 1. The highest BCUT2D eigenvalue weighted by molar-refractivity contribution is 7.71. The van der Waals surface area contributed by atoms with Gasteiger partial charge >= 0.3 is 0 Å². The van der Waals surface area contributed by atoms with Gasteiger partial charge in [0.25, 0.3) is 5.56 Å². The summed E-state index contributed by atoms with van der Waals surface area (Å²) in [7, 11) is 0. The van der Waals surface area contributed by atoms with Gasteiger partial charge in [0.2, 0.25) is 0 Å². The van der Waals surface area contributed by atoms with Crippen molar-refractivity contribution in [3.63, 3.8) is 0 Å². The van der Waals surface area contributed by atoms with Crippen LogP contribution >= 0.6 is 12.2 Å². The lowest BCUT2D eigenvalue weighted by Crippen LogP contribution is -2.33. The Morgan fingerprint density at radius 3 is 2.27 bits per heavy atom. The second-order valence-corrected chi connectivity index (χ2v) is 4.15. The molecule has 0 fully saturated rings. The number of H-pyrrole nitrogens is 1. The maximum absolute atomic E-state index is 11.1. The van der Waals surface area contributed by atoms with E-state index < -0.39 is 0 Å². The summed E-state index contributed by atoms with van der Waals surface area (Å²) in [6.45, 7) is 6.46. The van der Waals surface area contributed by atoms with E-state index in [4.69, 9.17) is 12.2 Å². The number of aromatic nitrogens is 2. The van der Waals surface area contributed by atoms with Crippen molar-refractivity contribution < 1.29 is 0 Å². The van der Waals surface area contributed by atoms with Gasteiger partial charge in [0.05, 0.1) is 0 Å². The van der Waals surface area contributed by atoms with E-state index in [0.717, 1.165) is 19.3 Å². The van der Waals surface area contributed by atoms with Crippen LogP contribution < -0.4 is 5.56 Å². The molecule has 0 saturated heterocycles. The molecule has 0 atom stereocenters. The van der Waals surface area contributed by atoms with Gasteiger partial charge in [0.1, 0.15) is 0 Å². The maximum Gasteiger partial charge on any atom is 0.251 e. The fraction of sp³-hybridized carbons (Fsp3) is 0.636.